The van der Waals surface area contributed by atoms with E-state index in [1.54, 1.807) is 7.11 Å². The molecule has 21 heavy (non-hydrogen) atoms. The molecule has 3 rings (SSSR count). The van der Waals surface area contributed by atoms with E-state index in [1.165, 1.54) is 12.0 Å². The number of aromatic nitrogens is 2. The van der Waals surface area contributed by atoms with Gasteiger partial charge in [-0.2, -0.15) is 4.98 Å². The Hall–Kier alpha value is -2.08. The van der Waals surface area contributed by atoms with Crippen molar-refractivity contribution in [1.82, 2.24) is 15.5 Å². The molecule has 6 heteroatoms. The van der Waals surface area contributed by atoms with E-state index in [0.717, 1.165) is 36.4 Å². The Morgan fingerprint density at radius 2 is 2.33 bits per heavy atom. The van der Waals surface area contributed by atoms with Crippen molar-refractivity contribution in [2.24, 2.45) is 0 Å². The van der Waals surface area contributed by atoms with Crippen LogP contribution in [0.1, 0.15) is 23.9 Å². The molecular weight excluding hydrogens is 270 g/mol. The van der Waals surface area contributed by atoms with Crippen molar-refractivity contribution in [3.63, 3.8) is 0 Å². The van der Waals surface area contributed by atoms with Crippen LogP contribution in [0.3, 0.4) is 0 Å². The summed E-state index contributed by atoms with van der Waals surface area (Å²) in [5.41, 5.74) is 2.31. The van der Waals surface area contributed by atoms with Crippen LogP contribution in [0.25, 0.3) is 0 Å². The Kier molecular flexibility index (Phi) is 4.06. The SMILES string of the molecule is COc1cc2c(cc1CNCCc1ncon1)OC(C)C2. The maximum absolute atomic E-state index is 5.80. The summed E-state index contributed by atoms with van der Waals surface area (Å²) >= 11 is 0. The molecule has 0 fully saturated rings. The minimum absolute atomic E-state index is 0.242. The van der Waals surface area contributed by atoms with E-state index in [1.807, 2.05) is 0 Å². The topological polar surface area (TPSA) is 69.4 Å². The number of methoxy groups -OCH3 is 1. The predicted octanol–water partition coefficient (Wildman–Crippen LogP) is 1.73. The minimum Gasteiger partial charge on any atom is -0.496 e. The number of rotatable bonds is 6. The average Bonchev–Trinajstić information content (AvgIpc) is 3.10. The van der Waals surface area contributed by atoms with Crippen molar-refractivity contribution in [3.05, 3.63) is 35.5 Å². The highest BCUT2D eigenvalue weighted by Gasteiger charge is 2.21. The van der Waals surface area contributed by atoms with E-state index in [-0.39, 0.29) is 6.10 Å². The minimum atomic E-state index is 0.242. The smallest absolute Gasteiger partial charge is 0.213 e. The second kappa shape index (κ2) is 6.13. The van der Waals surface area contributed by atoms with Crippen molar-refractivity contribution in [2.45, 2.75) is 32.4 Å². The lowest BCUT2D eigenvalue weighted by Crippen LogP contribution is -2.17. The fourth-order valence-electron chi connectivity index (χ4n) is 2.54. The zero-order valence-corrected chi connectivity index (χ0v) is 12.3. The summed E-state index contributed by atoms with van der Waals surface area (Å²) in [6.45, 7) is 3.57. The van der Waals surface area contributed by atoms with Gasteiger partial charge in [0.15, 0.2) is 5.82 Å². The number of nitrogens with one attached hydrogen (secondary N) is 1. The standard InChI is InChI=1S/C15H19N3O3/c1-10-5-11-6-13(19-2)12(7-14(11)21-10)8-16-4-3-15-17-9-20-18-15/h6-7,9-10,16H,3-5,8H2,1-2H3. The second-order valence-corrected chi connectivity index (χ2v) is 5.18. The first-order valence-corrected chi connectivity index (χ1v) is 7.08. The van der Waals surface area contributed by atoms with E-state index in [9.17, 15) is 0 Å². The third-order valence-electron chi connectivity index (χ3n) is 3.55. The summed E-state index contributed by atoms with van der Waals surface area (Å²) < 4.78 is 16.0. The Morgan fingerprint density at radius 3 is 3.10 bits per heavy atom. The molecule has 0 saturated heterocycles. The van der Waals surface area contributed by atoms with E-state index in [0.29, 0.717) is 12.4 Å². The van der Waals surface area contributed by atoms with Crippen LogP contribution in [0.4, 0.5) is 0 Å². The molecule has 0 radical (unpaired) electrons. The number of benzene rings is 1. The van der Waals surface area contributed by atoms with Crippen LogP contribution < -0.4 is 14.8 Å². The van der Waals surface area contributed by atoms with Crippen LogP contribution in [0.15, 0.2) is 23.0 Å². The molecule has 0 amide bonds. The molecule has 6 nitrogen and oxygen atoms in total. The Balaban J connectivity index is 1.61. The molecular formula is C15H19N3O3. The van der Waals surface area contributed by atoms with Crippen molar-refractivity contribution in [2.75, 3.05) is 13.7 Å². The van der Waals surface area contributed by atoms with Gasteiger partial charge in [-0.05, 0) is 19.1 Å². The molecule has 1 unspecified atom stereocenters. The molecule has 1 atom stereocenters. The maximum Gasteiger partial charge on any atom is 0.213 e. The van der Waals surface area contributed by atoms with Gasteiger partial charge in [0, 0.05) is 37.1 Å². The van der Waals surface area contributed by atoms with E-state index < -0.39 is 0 Å². The van der Waals surface area contributed by atoms with Crippen LogP contribution >= 0.6 is 0 Å². The first-order chi connectivity index (χ1) is 10.3. The molecule has 1 aliphatic rings. The highest BCUT2D eigenvalue weighted by Crippen LogP contribution is 2.34. The lowest BCUT2D eigenvalue weighted by molar-refractivity contribution is 0.254. The molecule has 0 spiro atoms. The van der Waals surface area contributed by atoms with Gasteiger partial charge in [0.05, 0.1) is 7.11 Å². The largest absolute Gasteiger partial charge is 0.496 e. The van der Waals surface area contributed by atoms with Gasteiger partial charge >= 0.3 is 0 Å². The molecule has 1 aromatic carbocycles. The van der Waals surface area contributed by atoms with Gasteiger partial charge in [-0.15, -0.1) is 0 Å². The van der Waals surface area contributed by atoms with Gasteiger partial charge in [-0.1, -0.05) is 5.16 Å². The summed E-state index contributed by atoms with van der Waals surface area (Å²) in [4.78, 5) is 3.99. The second-order valence-electron chi connectivity index (χ2n) is 5.18. The summed E-state index contributed by atoms with van der Waals surface area (Å²) in [6.07, 6.45) is 3.26. The zero-order valence-electron chi connectivity index (χ0n) is 12.3. The summed E-state index contributed by atoms with van der Waals surface area (Å²) in [5, 5.41) is 7.14. The van der Waals surface area contributed by atoms with Gasteiger partial charge in [0.1, 0.15) is 17.6 Å². The first kappa shape index (κ1) is 13.9. The lowest BCUT2D eigenvalue weighted by atomic mass is 10.1. The van der Waals surface area contributed by atoms with Crippen LogP contribution in [0.5, 0.6) is 11.5 Å². The van der Waals surface area contributed by atoms with Gasteiger partial charge in [-0.25, -0.2) is 0 Å². The van der Waals surface area contributed by atoms with Crippen LogP contribution in [-0.2, 0) is 19.4 Å². The summed E-state index contributed by atoms with van der Waals surface area (Å²) in [5.74, 6) is 2.58. The van der Waals surface area contributed by atoms with Crippen molar-refractivity contribution in [1.29, 1.82) is 0 Å². The number of nitrogens with zero attached hydrogens (tertiary/aromatic N) is 2. The summed E-state index contributed by atoms with van der Waals surface area (Å²) in [7, 11) is 1.70. The third-order valence-corrected chi connectivity index (χ3v) is 3.55. The molecule has 2 heterocycles. The maximum atomic E-state index is 5.80. The molecule has 0 saturated carbocycles. The fourth-order valence-corrected chi connectivity index (χ4v) is 2.54. The normalized spacial score (nSPS) is 16.6. The Labute approximate surface area is 123 Å². The van der Waals surface area contributed by atoms with Crippen molar-refractivity contribution >= 4 is 0 Å². The highest BCUT2D eigenvalue weighted by atomic mass is 16.5. The highest BCUT2D eigenvalue weighted by molar-refractivity contribution is 5.48. The fraction of sp³-hybridized carbons (Fsp3) is 0.467. The molecule has 2 aromatic rings. The number of hydrogen-bond acceptors (Lipinski definition) is 6. The summed E-state index contributed by atoms with van der Waals surface area (Å²) in [6, 6.07) is 4.15. The molecule has 0 aliphatic carbocycles. The monoisotopic (exact) mass is 289 g/mol. The molecule has 1 N–H and O–H groups in total. The van der Waals surface area contributed by atoms with E-state index in [4.69, 9.17) is 14.0 Å². The van der Waals surface area contributed by atoms with Crippen molar-refractivity contribution in [3.8, 4) is 11.5 Å². The van der Waals surface area contributed by atoms with E-state index >= 15 is 0 Å². The zero-order chi connectivity index (χ0) is 14.7. The molecule has 112 valence electrons. The van der Waals surface area contributed by atoms with E-state index in [2.05, 4.69) is 34.5 Å². The van der Waals surface area contributed by atoms with Crippen molar-refractivity contribution < 1.29 is 14.0 Å². The van der Waals surface area contributed by atoms with Gasteiger partial charge in [0.25, 0.3) is 0 Å². The van der Waals surface area contributed by atoms with Crippen LogP contribution in [-0.4, -0.2) is 29.9 Å². The number of ether oxygens (including phenoxy) is 2. The number of hydrogen-bond donors (Lipinski definition) is 1. The first-order valence-electron chi connectivity index (χ1n) is 7.08. The quantitative estimate of drug-likeness (QED) is 0.817. The number of fused-ring (bicyclic) bond motifs is 1. The third kappa shape index (κ3) is 3.16. The Morgan fingerprint density at radius 1 is 1.43 bits per heavy atom. The lowest BCUT2D eigenvalue weighted by Gasteiger charge is -2.11. The average molecular weight is 289 g/mol. The van der Waals surface area contributed by atoms with Crippen LogP contribution in [0.2, 0.25) is 0 Å². The van der Waals surface area contributed by atoms with Gasteiger partial charge < -0.3 is 19.3 Å². The Bertz CT molecular complexity index is 598. The van der Waals surface area contributed by atoms with Crippen LogP contribution in [0, 0.1) is 0 Å². The molecule has 1 aliphatic heterocycles. The predicted molar refractivity (Wildman–Crippen MR) is 76.5 cm³/mol. The molecule has 1 aromatic heterocycles. The van der Waals surface area contributed by atoms with Gasteiger partial charge in [0.2, 0.25) is 6.39 Å². The molecule has 0 bridgehead atoms. The van der Waals surface area contributed by atoms with Gasteiger partial charge in [-0.3, -0.25) is 0 Å².